The van der Waals surface area contributed by atoms with Gasteiger partial charge in [-0.1, -0.05) is 28.9 Å². The Morgan fingerprint density at radius 3 is 2.75 bits per heavy atom. The Morgan fingerprint density at radius 2 is 2.15 bits per heavy atom. The molecule has 0 spiro atoms. The molecule has 1 aromatic rings. The molecule has 0 saturated carbocycles. The van der Waals surface area contributed by atoms with Gasteiger partial charge in [-0.2, -0.15) is 0 Å². The van der Waals surface area contributed by atoms with Gasteiger partial charge in [0.05, 0.1) is 6.61 Å². The molecule has 20 heavy (non-hydrogen) atoms. The second-order valence-electron chi connectivity index (χ2n) is 4.75. The van der Waals surface area contributed by atoms with Crippen LogP contribution in [0.5, 0.6) is 0 Å². The van der Waals surface area contributed by atoms with Crippen LogP contribution in [0.25, 0.3) is 0 Å². The highest BCUT2D eigenvalue weighted by atomic mass is 79.9. The summed E-state index contributed by atoms with van der Waals surface area (Å²) in [6.07, 6.45) is 0. The number of nitrogens with one attached hydrogen (secondary N) is 2. The lowest BCUT2D eigenvalue weighted by molar-refractivity contribution is 0.185. The van der Waals surface area contributed by atoms with Gasteiger partial charge >= 0.3 is 6.03 Å². The maximum Gasteiger partial charge on any atom is 0.319 e. The van der Waals surface area contributed by atoms with Crippen molar-refractivity contribution < 1.29 is 14.6 Å². The molecule has 0 aliphatic carbocycles. The van der Waals surface area contributed by atoms with Crippen LogP contribution in [0.1, 0.15) is 19.4 Å². The first kappa shape index (κ1) is 16.9. The van der Waals surface area contributed by atoms with Crippen LogP contribution in [0.15, 0.2) is 22.7 Å². The number of rotatable bonds is 6. The van der Waals surface area contributed by atoms with E-state index in [2.05, 4.69) is 26.6 Å². The van der Waals surface area contributed by atoms with Crippen LogP contribution in [0.3, 0.4) is 0 Å². The Bertz CT molecular complexity index is 454. The maximum atomic E-state index is 12.0. The first-order valence-corrected chi connectivity index (χ1v) is 7.23. The van der Waals surface area contributed by atoms with Crippen LogP contribution >= 0.6 is 15.9 Å². The lowest BCUT2D eigenvalue weighted by Gasteiger charge is -2.20. The van der Waals surface area contributed by atoms with Crippen molar-refractivity contribution in [2.45, 2.75) is 26.5 Å². The molecule has 0 heterocycles. The number of aliphatic hydroxyl groups is 1. The van der Waals surface area contributed by atoms with E-state index in [-0.39, 0.29) is 24.6 Å². The number of benzene rings is 1. The normalized spacial score (nSPS) is 13.7. The molecule has 0 aliphatic rings. The van der Waals surface area contributed by atoms with Gasteiger partial charge in [0, 0.05) is 35.5 Å². The summed E-state index contributed by atoms with van der Waals surface area (Å²) in [4.78, 5) is 12.0. The molecule has 0 aliphatic heterocycles. The van der Waals surface area contributed by atoms with E-state index in [1.807, 2.05) is 32.0 Å². The molecule has 5 nitrogen and oxygen atoms in total. The number of amides is 2. The topological polar surface area (TPSA) is 70.6 Å². The Labute approximate surface area is 127 Å². The first-order valence-electron chi connectivity index (χ1n) is 6.44. The van der Waals surface area contributed by atoms with Crippen molar-refractivity contribution in [2.75, 3.05) is 19.0 Å². The lowest BCUT2D eigenvalue weighted by atomic mass is 10.1. The van der Waals surface area contributed by atoms with Crippen molar-refractivity contribution in [3.8, 4) is 0 Å². The number of methoxy groups -OCH3 is 1. The van der Waals surface area contributed by atoms with Crippen LogP contribution in [0.2, 0.25) is 0 Å². The number of carbonyl (C=O) groups is 1. The summed E-state index contributed by atoms with van der Waals surface area (Å²) in [6.45, 7) is 4.17. The fraction of sp³-hybridized carbons (Fsp3) is 0.500. The Hall–Kier alpha value is -1.11. The molecule has 2 atom stereocenters. The average Bonchev–Trinajstić information content (AvgIpc) is 2.41. The zero-order valence-corrected chi connectivity index (χ0v) is 13.5. The van der Waals surface area contributed by atoms with Crippen molar-refractivity contribution in [1.82, 2.24) is 5.32 Å². The highest BCUT2D eigenvalue weighted by Crippen LogP contribution is 2.25. The minimum atomic E-state index is -0.298. The minimum Gasteiger partial charge on any atom is -0.396 e. The third-order valence-corrected chi connectivity index (χ3v) is 3.90. The molecular weight excluding hydrogens is 324 g/mol. The van der Waals surface area contributed by atoms with E-state index in [9.17, 15) is 4.79 Å². The van der Waals surface area contributed by atoms with E-state index >= 15 is 0 Å². The number of aliphatic hydroxyl groups excluding tert-OH is 1. The van der Waals surface area contributed by atoms with Gasteiger partial charge in [0.1, 0.15) is 0 Å². The molecule has 1 rings (SSSR count). The van der Waals surface area contributed by atoms with E-state index < -0.39 is 0 Å². The minimum absolute atomic E-state index is 0.00158. The monoisotopic (exact) mass is 344 g/mol. The summed E-state index contributed by atoms with van der Waals surface area (Å²) >= 11 is 3.44. The third kappa shape index (κ3) is 4.77. The Balaban J connectivity index is 2.73. The van der Waals surface area contributed by atoms with Crippen molar-refractivity contribution in [2.24, 2.45) is 5.92 Å². The predicted molar refractivity (Wildman–Crippen MR) is 82.7 cm³/mol. The van der Waals surface area contributed by atoms with E-state index in [0.29, 0.717) is 12.3 Å². The van der Waals surface area contributed by atoms with Gasteiger partial charge in [0.2, 0.25) is 0 Å². The fourth-order valence-electron chi connectivity index (χ4n) is 1.63. The molecule has 0 radical (unpaired) electrons. The van der Waals surface area contributed by atoms with Gasteiger partial charge in [-0.25, -0.2) is 4.79 Å². The number of hydrogen-bond acceptors (Lipinski definition) is 3. The van der Waals surface area contributed by atoms with Crippen molar-refractivity contribution in [3.63, 3.8) is 0 Å². The molecule has 0 bridgehead atoms. The molecule has 112 valence electrons. The van der Waals surface area contributed by atoms with Gasteiger partial charge in [-0.3, -0.25) is 0 Å². The Morgan fingerprint density at radius 1 is 1.45 bits per heavy atom. The van der Waals surface area contributed by atoms with Crippen molar-refractivity contribution >= 4 is 27.6 Å². The number of carbonyl (C=O) groups excluding carboxylic acids is 1. The summed E-state index contributed by atoms with van der Waals surface area (Å²) in [5, 5.41) is 14.7. The number of urea groups is 1. The Kier molecular flexibility index (Phi) is 6.98. The van der Waals surface area contributed by atoms with Gasteiger partial charge in [-0.15, -0.1) is 0 Å². The number of anilines is 1. The molecule has 3 N–H and O–H groups in total. The summed E-state index contributed by atoms with van der Waals surface area (Å²) in [5.41, 5.74) is 1.58. The van der Waals surface area contributed by atoms with E-state index in [1.165, 1.54) is 0 Å². The zero-order valence-electron chi connectivity index (χ0n) is 11.9. The van der Waals surface area contributed by atoms with Crippen molar-refractivity contribution in [1.29, 1.82) is 0 Å². The van der Waals surface area contributed by atoms with Crippen molar-refractivity contribution in [3.05, 3.63) is 28.2 Å². The lowest BCUT2D eigenvalue weighted by Crippen LogP contribution is -2.41. The van der Waals surface area contributed by atoms with Gasteiger partial charge in [0.25, 0.3) is 0 Å². The van der Waals surface area contributed by atoms with Crippen LogP contribution in [0.4, 0.5) is 10.5 Å². The standard InChI is InChI=1S/C14H21BrN2O3/c1-9(7-18)10(2)16-14(19)17-13-6-4-5-12(15)11(13)8-20-3/h4-6,9-10,18H,7-8H2,1-3H3,(H2,16,17,19)/t9-,10-/m0/s1. The quantitative estimate of drug-likeness (QED) is 0.742. The highest BCUT2D eigenvalue weighted by molar-refractivity contribution is 9.10. The van der Waals surface area contributed by atoms with Crippen LogP contribution in [0, 0.1) is 5.92 Å². The molecule has 0 saturated heterocycles. The maximum absolute atomic E-state index is 12.0. The molecule has 1 aromatic carbocycles. The molecule has 0 unspecified atom stereocenters. The number of hydrogen-bond donors (Lipinski definition) is 3. The van der Waals surface area contributed by atoms with Crippen LogP contribution in [-0.2, 0) is 11.3 Å². The predicted octanol–water partition coefficient (Wildman–Crippen LogP) is 2.73. The largest absolute Gasteiger partial charge is 0.396 e. The van der Waals surface area contributed by atoms with Gasteiger partial charge in [0.15, 0.2) is 0 Å². The number of halogens is 1. The summed E-state index contributed by atoms with van der Waals surface area (Å²) in [6, 6.07) is 5.15. The van der Waals surface area contributed by atoms with Gasteiger partial charge < -0.3 is 20.5 Å². The molecule has 0 aromatic heterocycles. The molecule has 6 heteroatoms. The van der Waals surface area contributed by atoms with E-state index in [0.717, 1.165) is 10.0 Å². The molecule has 0 fully saturated rings. The van der Waals surface area contributed by atoms with Crippen LogP contribution in [-0.4, -0.2) is 30.9 Å². The second kappa shape index (κ2) is 8.24. The number of ether oxygens (including phenoxy) is 1. The first-order chi connectivity index (χ1) is 9.49. The second-order valence-corrected chi connectivity index (χ2v) is 5.60. The van der Waals surface area contributed by atoms with Crippen LogP contribution < -0.4 is 10.6 Å². The third-order valence-electron chi connectivity index (χ3n) is 3.16. The average molecular weight is 345 g/mol. The van der Waals surface area contributed by atoms with E-state index in [1.54, 1.807) is 7.11 Å². The summed E-state index contributed by atoms with van der Waals surface area (Å²) in [7, 11) is 1.61. The summed E-state index contributed by atoms with van der Waals surface area (Å²) in [5.74, 6) is 0.00158. The fourth-order valence-corrected chi connectivity index (χ4v) is 2.11. The highest BCUT2D eigenvalue weighted by Gasteiger charge is 2.15. The zero-order chi connectivity index (χ0) is 15.1. The molecule has 2 amide bonds. The van der Waals surface area contributed by atoms with Gasteiger partial charge in [-0.05, 0) is 25.0 Å². The SMILES string of the molecule is COCc1c(Br)cccc1NC(=O)N[C@@H](C)[C@@H](C)CO. The molecular formula is C14H21BrN2O3. The summed E-state index contributed by atoms with van der Waals surface area (Å²) < 4.78 is 6.02. The van der Waals surface area contributed by atoms with E-state index in [4.69, 9.17) is 9.84 Å². The smallest absolute Gasteiger partial charge is 0.319 e.